The van der Waals surface area contributed by atoms with Crippen LogP contribution in [0.1, 0.15) is 16.1 Å². The van der Waals surface area contributed by atoms with Gasteiger partial charge < -0.3 is 19.4 Å². The Bertz CT molecular complexity index is 730. The van der Waals surface area contributed by atoms with Crippen LogP contribution in [0.2, 0.25) is 0 Å². The molecule has 0 saturated heterocycles. The lowest BCUT2D eigenvalue weighted by atomic mass is 10.1. The van der Waals surface area contributed by atoms with Crippen molar-refractivity contribution in [3.63, 3.8) is 0 Å². The second kappa shape index (κ2) is 7.55. The predicted molar refractivity (Wildman–Crippen MR) is 91.1 cm³/mol. The summed E-state index contributed by atoms with van der Waals surface area (Å²) < 4.78 is 10.4. The number of furan rings is 1. The first kappa shape index (κ1) is 16.6. The fourth-order valence-corrected chi connectivity index (χ4v) is 3.23. The van der Waals surface area contributed by atoms with Gasteiger partial charge in [-0.05, 0) is 30.3 Å². The van der Waals surface area contributed by atoms with Crippen LogP contribution in [0, 0.1) is 0 Å². The average molecular weight is 346 g/mol. The number of nitrogens with zero attached hydrogens (tertiary/aromatic N) is 1. The molecule has 0 unspecified atom stereocenters. The molecule has 1 aliphatic rings. The highest BCUT2D eigenvalue weighted by molar-refractivity contribution is 8.00. The summed E-state index contributed by atoms with van der Waals surface area (Å²) in [5.74, 6) is 0.930. The fraction of sp³-hybridized carbons (Fsp3) is 0.294. The summed E-state index contributed by atoms with van der Waals surface area (Å²) in [7, 11) is 1.60. The van der Waals surface area contributed by atoms with Crippen LogP contribution in [-0.2, 0) is 16.1 Å². The van der Waals surface area contributed by atoms with Gasteiger partial charge in [0.1, 0.15) is 5.76 Å². The van der Waals surface area contributed by atoms with Gasteiger partial charge in [0.05, 0.1) is 30.9 Å². The minimum Gasteiger partial charge on any atom is -0.467 e. The zero-order chi connectivity index (χ0) is 16.9. The Morgan fingerprint density at radius 3 is 3.04 bits per heavy atom. The summed E-state index contributed by atoms with van der Waals surface area (Å²) in [6.45, 7) is 1.26. The molecular formula is C17H18N2O4S. The molecule has 6 nitrogen and oxygen atoms in total. The SMILES string of the molecule is COCCN(Cc1ccco1)C(=O)c1ccc2c(c1)NC(=O)CS2. The molecule has 2 heterocycles. The van der Waals surface area contributed by atoms with Gasteiger partial charge in [-0.3, -0.25) is 9.59 Å². The molecular weight excluding hydrogens is 328 g/mol. The molecule has 1 N–H and O–H groups in total. The van der Waals surface area contributed by atoms with E-state index < -0.39 is 0 Å². The molecule has 0 aliphatic carbocycles. The standard InChI is InChI=1S/C17H18N2O4S/c1-22-8-6-19(10-13-3-2-7-23-13)17(21)12-4-5-15-14(9-12)18-16(20)11-24-15/h2-5,7,9H,6,8,10-11H2,1H3,(H,18,20). The molecule has 0 radical (unpaired) electrons. The van der Waals surface area contributed by atoms with E-state index in [-0.39, 0.29) is 11.8 Å². The van der Waals surface area contributed by atoms with Crippen molar-refractivity contribution in [3.05, 3.63) is 47.9 Å². The van der Waals surface area contributed by atoms with E-state index in [1.165, 1.54) is 11.8 Å². The maximum Gasteiger partial charge on any atom is 0.254 e. The third kappa shape index (κ3) is 3.80. The van der Waals surface area contributed by atoms with E-state index >= 15 is 0 Å². The number of fused-ring (bicyclic) bond motifs is 1. The third-order valence-corrected chi connectivity index (χ3v) is 4.71. The second-order valence-electron chi connectivity index (χ2n) is 5.35. The first-order valence-corrected chi connectivity index (χ1v) is 8.53. The van der Waals surface area contributed by atoms with E-state index in [4.69, 9.17) is 9.15 Å². The van der Waals surface area contributed by atoms with E-state index in [1.807, 2.05) is 12.1 Å². The Morgan fingerprint density at radius 2 is 2.29 bits per heavy atom. The van der Waals surface area contributed by atoms with E-state index in [0.29, 0.717) is 42.5 Å². The number of carbonyl (C=O) groups excluding carboxylic acids is 2. The van der Waals surface area contributed by atoms with Gasteiger partial charge in [-0.1, -0.05) is 0 Å². The van der Waals surface area contributed by atoms with Gasteiger partial charge in [0.25, 0.3) is 5.91 Å². The van der Waals surface area contributed by atoms with Crippen molar-refractivity contribution in [2.24, 2.45) is 0 Å². The number of amides is 2. The van der Waals surface area contributed by atoms with Crippen LogP contribution in [0.3, 0.4) is 0 Å². The van der Waals surface area contributed by atoms with Crippen LogP contribution in [0.4, 0.5) is 5.69 Å². The molecule has 126 valence electrons. The summed E-state index contributed by atoms with van der Waals surface area (Å²) in [6.07, 6.45) is 1.58. The maximum atomic E-state index is 12.9. The highest BCUT2D eigenvalue weighted by atomic mass is 32.2. The molecule has 7 heteroatoms. The number of ether oxygens (including phenoxy) is 1. The zero-order valence-corrected chi connectivity index (χ0v) is 14.1. The molecule has 0 spiro atoms. The Labute approximate surface area is 144 Å². The predicted octanol–water partition coefficient (Wildman–Crippen LogP) is 2.61. The van der Waals surface area contributed by atoms with Crippen LogP contribution < -0.4 is 5.32 Å². The highest BCUT2D eigenvalue weighted by Gasteiger charge is 2.21. The molecule has 2 amide bonds. The molecule has 1 aromatic carbocycles. The number of methoxy groups -OCH3 is 1. The molecule has 1 aliphatic heterocycles. The Balaban J connectivity index is 1.81. The van der Waals surface area contributed by atoms with Crippen molar-refractivity contribution >= 4 is 29.3 Å². The molecule has 3 rings (SSSR count). The van der Waals surface area contributed by atoms with E-state index in [9.17, 15) is 9.59 Å². The van der Waals surface area contributed by atoms with Crippen LogP contribution in [-0.4, -0.2) is 42.7 Å². The smallest absolute Gasteiger partial charge is 0.254 e. The van der Waals surface area contributed by atoms with Gasteiger partial charge in [-0.15, -0.1) is 11.8 Å². The van der Waals surface area contributed by atoms with E-state index in [0.717, 1.165) is 4.90 Å². The maximum absolute atomic E-state index is 12.9. The second-order valence-corrected chi connectivity index (χ2v) is 6.36. The molecule has 0 fully saturated rings. The van der Waals surface area contributed by atoms with Gasteiger partial charge in [0.2, 0.25) is 5.91 Å². The first-order chi connectivity index (χ1) is 11.7. The lowest BCUT2D eigenvalue weighted by molar-refractivity contribution is -0.113. The summed E-state index contributed by atoms with van der Waals surface area (Å²) in [5, 5.41) is 2.81. The van der Waals surface area contributed by atoms with Gasteiger partial charge in [-0.2, -0.15) is 0 Å². The van der Waals surface area contributed by atoms with Crippen LogP contribution in [0.25, 0.3) is 0 Å². The lowest BCUT2D eigenvalue weighted by Crippen LogP contribution is -2.33. The minimum atomic E-state index is -0.129. The third-order valence-electron chi connectivity index (χ3n) is 3.64. The summed E-state index contributed by atoms with van der Waals surface area (Å²) in [4.78, 5) is 27.0. The normalized spacial score (nSPS) is 13.3. The number of hydrogen-bond donors (Lipinski definition) is 1. The topological polar surface area (TPSA) is 71.8 Å². The van der Waals surface area contributed by atoms with Gasteiger partial charge >= 0.3 is 0 Å². The number of rotatable bonds is 6. The monoisotopic (exact) mass is 346 g/mol. The quantitative estimate of drug-likeness (QED) is 0.870. The Hall–Kier alpha value is -2.25. The minimum absolute atomic E-state index is 0.0519. The number of hydrogen-bond acceptors (Lipinski definition) is 5. The van der Waals surface area contributed by atoms with Crippen molar-refractivity contribution in [1.82, 2.24) is 4.90 Å². The number of thioether (sulfide) groups is 1. The van der Waals surface area contributed by atoms with Crippen molar-refractivity contribution in [2.45, 2.75) is 11.4 Å². The first-order valence-electron chi connectivity index (χ1n) is 7.54. The summed E-state index contributed by atoms with van der Waals surface area (Å²) in [6, 6.07) is 9.00. The molecule has 24 heavy (non-hydrogen) atoms. The molecule has 1 aromatic heterocycles. The number of anilines is 1. The highest BCUT2D eigenvalue weighted by Crippen LogP contribution is 2.32. The average Bonchev–Trinajstić information content (AvgIpc) is 3.10. The van der Waals surface area contributed by atoms with Crippen LogP contribution >= 0.6 is 11.8 Å². The van der Waals surface area contributed by atoms with Crippen LogP contribution in [0.5, 0.6) is 0 Å². The van der Waals surface area contributed by atoms with E-state index in [2.05, 4.69) is 5.32 Å². The molecule has 0 bridgehead atoms. The van der Waals surface area contributed by atoms with Gasteiger partial charge in [0.15, 0.2) is 0 Å². The molecule has 2 aromatic rings. The van der Waals surface area contributed by atoms with Crippen molar-refractivity contribution in [2.75, 3.05) is 31.3 Å². The summed E-state index contributed by atoms with van der Waals surface area (Å²) >= 11 is 1.47. The van der Waals surface area contributed by atoms with Crippen molar-refractivity contribution in [3.8, 4) is 0 Å². The Morgan fingerprint density at radius 1 is 1.42 bits per heavy atom. The number of benzene rings is 1. The lowest BCUT2D eigenvalue weighted by Gasteiger charge is -2.23. The van der Waals surface area contributed by atoms with E-state index in [1.54, 1.807) is 36.5 Å². The summed E-state index contributed by atoms with van der Waals surface area (Å²) in [5.41, 5.74) is 1.21. The fourth-order valence-electron chi connectivity index (χ4n) is 2.44. The molecule has 0 saturated carbocycles. The van der Waals surface area contributed by atoms with Gasteiger partial charge in [-0.25, -0.2) is 0 Å². The van der Waals surface area contributed by atoms with Crippen LogP contribution in [0.15, 0.2) is 45.9 Å². The van der Waals surface area contributed by atoms with Crippen molar-refractivity contribution in [1.29, 1.82) is 0 Å². The Kier molecular flexibility index (Phi) is 5.22. The zero-order valence-electron chi connectivity index (χ0n) is 13.3. The van der Waals surface area contributed by atoms with Crippen molar-refractivity contribution < 1.29 is 18.7 Å². The number of carbonyl (C=O) groups is 2. The number of nitrogens with one attached hydrogen (secondary N) is 1. The molecule has 0 atom stereocenters. The van der Waals surface area contributed by atoms with Gasteiger partial charge in [0, 0.05) is 24.1 Å². The largest absolute Gasteiger partial charge is 0.467 e.